The van der Waals surface area contributed by atoms with Crippen molar-refractivity contribution < 1.29 is 4.74 Å². The van der Waals surface area contributed by atoms with Gasteiger partial charge in [-0.05, 0) is 24.5 Å². The van der Waals surface area contributed by atoms with Crippen LogP contribution in [0.3, 0.4) is 0 Å². The molecule has 0 N–H and O–H groups in total. The highest BCUT2D eigenvalue weighted by atomic mass is 16.5. The van der Waals surface area contributed by atoms with Crippen LogP contribution in [0, 0.1) is 5.92 Å². The van der Waals surface area contributed by atoms with Gasteiger partial charge in [-0.3, -0.25) is 0 Å². The van der Waals surface area contributed by atoms with Crippen molar-refractivity contribution in [1.82, 2.24) is 0 Å². The molecule has 76 valence electrons. The zero-order valence-corrected chi connectivity index (χ0v) is 8.86. The maximum absolute atomic E-state index is 5.21. The van der Waals surface area contributed by atoms with Crippen LogP contribution < -0.4 is 9.64 Å². The maximum Gasteiger partial charge on any atom is 0.120 e. The Morgan fingerprint density at radius 2 is 2.29 bits per heavy atom. The Hall–Kier alpha value is -1.18. The topological polar surface area (TPSA) is 12.5 Å². The van der Waals surface area contributed by atoms with Crippen LogP contribution in [0.25, 0.3) is 0 Å². The van der Waals surface area contributed by atoms with Crippen LogP contribution >= 0.6 is 0 Å². The molecule has 0 saturated carbocycles. The maximum atomic E-state index is 5.21. The minimum absolute atomic E-state index is 0.821. The number of hydrogen-bond donors (Lipinski definition) is 0. The van der Waals surface area contributed by atoms with Crippen LogP contribution in [0.15, 0.2) is 24.3 Å². The molecule has 1 aromatic carbocycles. The van der Waals surface area contributed by atoms with Crippen molar-refractivity contribution in [2.24, 2.45) is 5.92 Å². The van der Waals surface area contributed by atoms with Crippen molar-refractivity contribution >= 4 is 5.69 Å². The molecule has 1 heterocycles. The number of hydrogen-bond acceptors (Lipinski definition) is 2. The normalized spacial score (nSPS) is 21.3. The van der Waals surface area contributed by atoms with E-state index >= 15 is 0 Å². The molecule has 0 bridgehead atoms. The Morgan fingerprint density at radius 1 is 1.43 bits per heavy atom. The lowest BCUT2D eigenvalue weighted by Crippen LogP contribution is -2.18. The second kappa shape index (κ2) is 3.91. The number of anilines is 1. The fraction of sp³-hybridized carbons (Fsp3) is 0.500. The summed E-state index contributed by atoms with van der Waals surface area (Å²) in [6.07, 6.45) is 1.30. The zero-order chi connectivity index (χ0) is 9.97. The quantitative estimate of drug-likeness (QED) is 0.712. The van der Waals surface area contributed by atoms with E-state index in [0.29, 0.717) is 0 Å². The van der Waals surface area contributed by atoms with Crippen molar-refractivity contribution in [3.05, 3.63) is 24.3 Å². The first-order valence-electron chi connectivity index (χ1n) is 5.18. The zero-order valence-electron chi connectivity index (χ0n) is 8.86. The van der Waals surface area contributed by atoms with Gasteiger partial charge in [0.15, 0.2) is 0 Å². The lowest BCUT2D eigenvalue weighted by atomic mass is 10.2. The summed E-state index contributed by atoms with van der Waals surface area (Å²) < 4.78 is 5.21. The van der Waals surface area contributed by atoms with Gasteiger partial charge in [0.25, 0.3) is 0 Å². The van der Waals surface area contributed by atoms with Gasteiger partial charge in [0.1, 0.15) is 5.75 Å². The van der Waals surface area contributed by atoms with Gasteiger partial charge in [-0.15, -0.1) is 0 Å². The van der Waals surface area contributed by atoms with Crippen molar-refractivity contribution in [3.63, 3.8) is 0 Å². The minimum Gasteiger partial charge on any atom is -0.497 e. The summed E-state index contributed by atoms with van der Waals surface area (Å²) in [6, 6.07) is 8.30. The molecule has 0 spiro atoms. The van der Waals surface area contributed by atoms with E-state index in [1.165, 1.54) is 25.2 Å². The molecule has 14 heavy (non-hydrogen) atoms. The van der Waals surface area contributed by atoms with E-state index in [0.717, 1.165) is 11.7 Å². The fourth-order valence-electron chi connectivity index (χ4n) is 1.98. The molecule has 2 rings (SSSR count). The Morgan fingerprint density at radius 3 is 2.93 bits per heavy atom. The third kappa shape index (κ3) is 1.84. The molecule has 1 aliphatic rings. The van der Waals surface area contributed by atoms with Gasteiger partial charge in [-0.2, -0.15) is 0 Å². The number of benzene rings is 1. The monoisotopic (exact) mass is 191 g/mol. The first-order valence-corrected chi connectivity index (χ1v) is 5.18. The van der Waals surface area contributed by atoms with Gasteiger partial charge in [-0.1, -0.05) is 13.0 Å². The van der Waals surface area contributed by atoms with Crippen molar-refractivity contribution in [1.29, 1.82) is 0 Å². The number of methoxy groups -OCH3 is 1. The Bertz CT molecular complexity index is 311. The Kier molecular flexibility index (Phi) is 2.62. The molecular weight excluding hydrogens is 174 g/mol. The van der Waals surface area contributed by atoms with Crippen LogP contribution in [-0.2, 0) is 0 Å². The van der Waals surface area contributed by atoms with Crippen LogP contribution in [0.2, 0.25) is 0 Å². The molecule has 0 amide bonds. The van der Waals surface area contributed by atoms with Crippen LogP contribution in [0.5, 0.6) is 5.75 Å². The highest BCUT2D eigenvalue weighted by Gasteiger charge is 2.18. The fourth-order valence-corrected chi connectivity index (χ4v) is 1.98. The predicted molar refractivity (Wildman–Crippen MR) is 59.0 cm³/mol. The summed E-state index contributed by atoms with van der Waals surface area (Å²) >= 11 is 0. The van der Waals surface area contributed by atoms with Crippen LogP contribution in [0.1, 0.15) is 13.3 Å². The van der Waals surface area contributed by atoms with Gasteiger partial charge in [0, 0.05) is 24.8 Å². The summed E-state index contributed by atoms with van der Waals surface area (Å²) in [7, 11) is 1.71. The first-order chi connectivity index (χ1) is 6.79. The molecule has 1 fully saturated rings. The van der Waals surface area contributed by atoms with Crippen molar-refractivity contribution in [2.75, 3.05) is 25.1 Å². The SMILES string of the molecule is COc1cccc(N2CCC(C)C2)c1. The summed E-state index contributed by atoms with van der Waals surface area (Å²) in [4.78, 5) is 2.42. The molecule has 1 atom stereocenters. The van der Waals surface area contributed by atoms with E-state index in [1.54, 1.807) is 7.11 Å². The average Bonchev–Trinajstić information content (AvgIpc) is 2.65. The van der Waals surface area contributed by atoms with E-state index in [9.17, 15) is 0 Å². The second-order valence-corrected chi connectivity index (χ2v) is 4.04. The van der Waals surface area contributed by atoms with E-state index in [1.807, 2.05) is 6.07 Å². The van der Waals surface area contributed by atoms with Gasteiger partial charge in [0.2, 0.25) is 0 Å². The molecule has 2 nitrogen and oxygen atoms in total. The Labute approximate surface area is 85.5 Å². The van der Waals surface area contributed by atoms with Gasteiger partial charge in [0.05, 0.1) is 7.11 Å². The van der Waals surface area contributed by atoms with Gasteiger partial charge >= 0.3 is 0 Å². The molecule has 1 unspecified atom stereocenters. The van der Waals surface area contributed by atoms with E-state index in [-0.39, 0.29) is 0 Å². The first kappa shape index (κ1) is 9.38. The molecule has 0 aromatic heterocycles. The highest BCUT2D eigenvalue weighted by molar-refractivity contribution is 5.51. The smallest absolute Gasteiger partial charge is 0.120 e. The van der Waals surface area contributed by atoms with Crippen LogP contribution in [0.4, 0.5) is 5.69 Å². The van der Waals surface area contributed by atoms with Gasteiger partial charge in [-0.25, -0.2) is 0 Å². The van der Waals surface area contributed by atoms with E-state index < -0.39 is 0 Å². The molecule has 0 aliphatic carbocycles. The third-order valence-corrected chi connectivity index (χ3v) is 2.84. The molecule has 2 heteroatoms. The summed E-state index contributed by atoms with van der Waals surface area (Å²) in [5.74, 6) is 1.77. The second-order valence-electron chi connectivity index (χ2n) is 4.04. The van der Waals surface area contributed by atoms with E-state index in [2.05, 4.69) is 30.0 Å². The van der Waals surface area contributed by atoms with Crippen molar-refractivity contribution in [2.45, 2.75) is 13.3 Å². The number of nitrogens with zero attached hydrogens (tertiary/aromatic N) is 1. The largest absolute Gasteiger partial charge is 0.497 e. The lowest BCUT2D eigenvalue weighted by Gasteiger charge is -2.18. The molecule has 1 aromatic rings. The standard InChI is InChI=1S/C12H17NO/c1-10-6-7-13(9-10)11-4-3-5-12(8-11)14-2/h3-5,8,10H,6-7,9H2,1-2H3. The molecule has 1 saturated heterocycles. The minimum atomic E-state index is 0.821. The molecule has 0 radical (unpaired) electrons. The lowest BCUT2D eigenvalue weighted by molar-refractivity contribution is 0.415. The number of ether oxygens (including phenoxy) is 1. The third-order valence-electron chi connectivity index (χ3n) is 2.84. The Balaban J connectivity index is 2.15. The van der Waals surface area contributed by atoms with Crippen molar-refractivity contribution in [3.8, 4) is 5.75 Å². The van der Waals surface area contributed by atoms with Crippen LogP contribution in [-0.4, -0.2) is 20.2 Å². The summed E-state index contributed by atoms with van der Waals surface area (Å²) in [5, 5.41) is 0. The molecule has 1 aliphatic heterocycles. The molecular formula is C12H17NO. The van der Waals surface area contributed by atoms with Gasteiger partial charge < -0.3 is 9.64 Å². The number of rotatable bonds is 2. The summed E-state index contributed by atoms with van der Waals surface area (Å²) in [5.41, 5.74) is 1.29. The summed E-state index contributed by atoms with van der Waals surface area (Å²) in [6.45, 7) is 4.65. The highest BCUT2D eigenvalue weighted by Crippen LogP contribution is 2.26. The predicted octanol–water partition coefficient (Wildman–Crippen LogP) is 2.54. The van der Waals surface area contributed by atoms with E-state index in [4.69, 9.17) is 4.74 Å². The average molecular weight is 191 g/mol.